The first-order chi connectivity index (χ1) is 19.8. The Bertz CT molecular complexity index is 2280. The third-order valence-corrected chi connectivity index (χ3v) is 7.74. The number of hydrogen-bond acceptors (Lipinski definition) is 2. The Morgan fingerprint density at radius 2 is 1.27 bits per heavy atom. The molecule has 0 atom stereocenters. The largest absolute Gasteiger partial charge is 0.309 e. The summed E-state index contributed by atoms with van der Waals surface area (Å²) in [5.41, 5.74) is 8.08. The summed E-state index contributed by atoms with van der Waals surface area (Å²) in [6.45, 7) is 0. The summed E-state index contributed by atoms with van der Waals surface area (Å²) in [5.74, 6) is 0.843. The molecule has 0 radical (unpaired) electrons. The van der Waals surface area contributed by atoms with E-state index in [2.05, 4.69) is 112 Å². The summed E-state index contributed by atoms with van der Waals surface area (Å²) in [7, 11) is 0. The van der Waals surface area contributed by atoms with Crippen LogP contribution in [0.25, 0.3) is 66.4 Å². The fourth-order valence-corrected chi connectivity index (χ4v) is 6.06. The van der Waals surface area contributed by atoms with Gasteiger partial charge in [-0.15, -0.1) is 0 Å². The summed E-state index contributed by atoms with van der Waals surface area (Å²) in [5, 5.41) is 14.2. The van der Waals surface area contributed by atoms with Gasteiger partial charge >= 0.3 is 0 Å². The lowest BCUT2D eigenvalue weighted by Crippen LogP contribution is -1.99. The maximum atomic E-state index is 9.45. The molecule has 3 aromatic heterocycles. The molecular formula is C36H22N4. The lowest BCUT2D eigenvalue weighted by atomic mass is 10.1. The summed E-state index contributed by atoms with van der Waals surface area (Å²) in [4.78, 5) is 5.16. The van der Waals surface area contributed by atoms with E-state index in [0.29, 0.717) is 5.56 Å². The summed E-state index contributed by atoms with van der Waals surface area (Å²) < 4.78 is 4.65. The van der Waals surface area contributed by atoms with Crippen LogP contribution in [-0.2, 0) is 0 Å². The van der Waals surface area contributed by atoms with Crippen molar-refractivity contribution >= 4 is 43.6 Å². The molecule has 0 unspecified atom stereocenters. The zero-order chi connectivity index (χ0) is 26.6. The fourth-order valence-electron chi connectivity index (χ4n) is 6.06. The van der Waals surface area contributed by atoms with Crippen LogP contribution in [0.1, 0.15) is 5.56 Å². The van der Waals surface area contributed by atoms with Crippen molar-refractivity contribution in [2.75, 3.05) is 0 Å². The van der Waals surface area contributed by atoms with Crippen molar-refractivity contribution in [3.8, 4) is 28.8 Å². The molecule has 0 amide bonds. The number of hydrogen-bond donors (Lipinski definition) is 0. The zero-order valence-electron chi connectivity index (χ0n) is 21.5. The first-order valence-corrected chi connectivity index (χ1v) is 13.3. The molecule has 5 aromatic carbocycles. The van der Waals surface area contributed by atoms with Crippen molar-refractivity contribution in [1.82, 2.24) is 14.1 Å². The minimum Gasteiger partial charge on any atom is -0.309 e. The van der Waals surface area contributed by atoms with Crippen LogP contribution in [0.15, 0.2) is 133 Å². The molecule has 4 nitrogen and oxygen atoms in total. The summed E-state index contributed by atoms with van der Waals surface area (Å²) >= 11 is 0. The van der Waals surface area contributed by atoms with Crippen molar-refractivity contribution in [1.29, 1.82) is 5.26 Å². The molecule has 3 heterocycles. The zero-order valence-corrected chi connectivity index (χ0v) is 21.5. The van der Waals surface area contributed by atoms with Crippen LogP contribution in [0.5, 0.6) is 0 Å². The SMILES string of the molecule is N#Cc1cccc(-c2cccc(-n3c4ccccc4c4ccc5c(c6ccccc6n5-c5ccccc5)c43)n2)c1. The molecule has 8 rings (SSSR count). The summed E-state index contributed by atoms with van der Waals surface area (Å²) in [6.07, 6.45) is 0. The molecule has 0 N–H and O–H groups in total. The van der Waals surface area contributed by atoms with Gasteiger partial charge in [0.05, 0.1) is 39.4 Å². The second-order valence-electron chi connectivity index (χ2n) is 9.97. The predicted octanol–water partition coefficient (Wildman–Crippen LogP) is 8.81. The van der Waals surface area contributed by atoms with Crippen LogP contribution in [0.2, 0.25) is 0 Å². The number of rotatable bonds is 3. The topological polar surface area (TPSA) is 46.5 Å². The Kier molecular flexibility index (Phi) is 4.85. The van der Waals surface area contributed by atoms with Gasteiger partial charge in [-0.1, -0.05) is 78.9 Å². The van der Waals surface area contributed by atoms with Crippen LogP contribution in [0, 0.1) is 11.3 Å². The van der Waals surface area contributed by atoms with Gasteiger partial charge in [-0.2, -0.15) is 5.26 Å². The normalized spacial score (nSPS) is 11.5. The van der Waals surface area contributed by atoms with E-state index in [1.807, 2.05) is 36.4 Å². The number of nitriles is 1. The minimum atomic E-state index is 0.622. The highest BCUT2D eigenvalue weighted by Crippen LogP contribution is 2.41. The van der Waals surface area contributed by atoms with Gasteiger partial charge in [0.1, 0.15) is 5.82 Å². The second kappa shape index (κ2) is 8.69. The lowest BCUT2D eigenvalue weighted by Gasteiger charge is -2.11. The van der Waals surface area contributed by atoms with Crippen LogP contribution in [0.4, 0.5) is 0 Å². The lowest BCUT2D eigenvalue weighted by molar-refractivity contribution is 1.09. The fraction of sp³-hybridized carbons (Fsp3) is 0. The van der Waals surface area contributed by atoms with E-state index < -0.39 is 0 Å². The number of para-hydroxylation sites is 3. The van der Waals surface area contributed by atoms with Crippen LogP contribution < -0.4 is 0 Å². The van der Waals surface area contributed by atoms with Gasteiger partial charge in [0.2, 0.25) is 0 Å². The molecule has 0 saturated heterocycles. The van der Waals surface area contributed by atoms with E-state index in [9.17, 15) is 5.26 Å². The molecule has 4 heteroatoms. The Morgan fingerprint density at radius 3 is 2.10 bits per heavy atom. The van der Waals surface area contributed by atoms with Crippen molar-refractivity contribution in [3.05, 3.63) is 139 Å². The van der Waals surface area contributed by atoms with Gasteiger partial charge < -0.3 is 4.57 Å². The predicted molar refractivity (Wildman–Crippen MR) is 163 cm³/mol. The molecule has 0 saturated carbocycles. The van der Waals surface area contributed by atoms with Gasteiger partial charge in [0.25, 0.3) is 0 Å². The molecule has 0 bridgehead atoms. The average Bonchev–Trinajstić information content (AvgIpc) is 3.54. The van der Waals surface area contributed by atoms with E-state index in [-0.39, 0.29) is 0 Å². The molecule has 0 aliphatic carbocycles. The maximum absolute atomic E-state index is 9.45. The van der Waals surface area contributed by atoms with Gasteiger partial charge in [0.15, 0.2) is 0 Å². The standard InChI is InChI=1S/C36H22N4/c37-23-24-10-8-11-25(22-24)30-16-9-19-34(38-30)40-31-17-6-4-14-27(31)28-20-21-33-35(36(28)40)29-15-5-7-18-32(29)39(33)26-12-2-1-3-13-26/h1-22H. The first kappa shape index (κ1) is 22.3. The van der Waals surface area contributed by atoms with E-state index in [1.165, 1.54) is 27.1 Å². The van der Waals surface area contributed by atoms with E-state index in [0.717, 1.165) is 39.3 Å². The van der Waals surface area contributed by atoms with Crippen molar-refractivity contribution in [2.45, 2.75) is 0 Å². The average molecular weight is 511 g/mol. The number of nitrogens with zero attached hydrogens (tertiary/aromatic N) is 4. The smallest absolute Gasteiger partial charge is 0.138 e. The summed E-state index contributed by atoms with van der Waals surface area (Å²) in [6, 6.07) is 48.2. The second-order valence-corrected chi connectivity index (χ2v) is 9.97. The Morgan fingerprint density at radius 1 is 0.550 bits per heavy atom. The first-order valence-electron chi connectivity index (χ1n) is 13.3. The Labute approximate surface area is 230 Å². The van der Waals surface area contributed by atoms with Crippen LogP contribution in [0.3, 0.4) is 0 Å². The van der Waals surface area contributed by atoms with E-state index in [1.54, 1.807) is 0 Å². The Hall–Kier alpha value is -5.66. The minimum absolute atomic E-state index is 0.622. The van der Waals surface area contributed by atoms with Gasteiger partial charge in [-0.3, -0.25) is 4.57 Å². The highest BCUT2D eigenvalue weighted by molar-refractivity contribution is 6.26. The molecule has 186 valence electrons. The van der Waals surface area contributed by atoms with Crippen LogP contribution >= 0.6 is 0 Å². The highest BCUT2D eigenvalue weighted by Gasteiger charge is 2.21. The van der Waals surface area contributed by atoms with Gasteiger partial charge in [-0.25, -0.2) is 4.98 Å². The molecule has 40 heavy (non-hydrogen) atoms. The van der Waals surface area contributed by atoms with E-state index in [4.69, 9.17) is 4.98 Å². The number of fused-ring (bicyclic) bond motifs is 7. The maximum Gasteiger partial charge on any atom is 0.138 e. The third-order valence-electron chi connectivity index (χ3n) is 7.74. The number of benzene rings is 5. The monoisotopic (exact) mass is 510 g/mol. The molecule has 8 aromatic rings. The number of aromatic nitrogens is 3. The molecule has 0 spiro atoms. The third kappa shape index (κ3) is 3.22. The van der Waals surface area contributed by atoms with E-state index >= 15 is 0 Å². The molecule has 0 aliphatic rings. The molecule has 0 aliphatic heterocycles. The van der Waals surface area contributed by atoms with Crippen molar-refractivity contribution < 1.29 is 0 Å². The molecular weight excluding hydrogens is 488 g/mol. The van der Waals surface area contributed by atoms with Crippen LogP contribution in [-0.4, -0.2) is 14.1 Å². The van der Waals surface area contributed by atoms with Gasteiger partial charge in [0, 0.05) is 32.8 Å². The number of pyridine rings is 1. The molecule has 0 fully saturated rings. The van der Waals surface area contributed by atoms with Crippen molar-refractivity contribution in [3.63, 3.8) is 0 Å². The Balaban J connectivity index is 1.52. The van der Waals surface area contributed by atoms with Crippen molar-refractivity contribution in [2.24, 2.45) is 0 Å². The quantitative estimate of drug-likeness (QED) is 0.238. The van der Waals surface area contributed by atoms with Gasteiger partial charge in [-0.05, 0) is 54.6 Å². The highest BCUT2D eigenvalue weighted by atomic mass is 15.1.